The fraction of sp³-hybridized carbons (Fsp3) is 0.409. The summed E-state index contributed by atoms with van der Waals surface area (Å²) in [5.74, 6) is 5.26. The van der Waals surface area contributed by atoms with Gasteiger partial charge in [0.2, 0.25) is 0 Å². The van der Waals surface area contributed by atoms with Crippen LogP contribution in [0.5, 0.6) is 0 Å². The van der Waals surface area contributed by atoms with Gasteiger partial charge in [-0.15, -0.1) is 0 Å². The molecule has 0 fully saturated rings. The first-order valence-corrected chi connectivity index (χ1v) is 9.18. The van der Waals surface area contributed by atoms with Gasteiger partial charge in [0.1, 0.15) is 11.2 Å². The van der Waals surface area contributed by atoms with E-state index in [2.05, 4.69) is 28.0 Å². The molecule has 0 aliphatic rings. The van der Waals surface area contributed by atoms with Gasteiger partial charge in [0.15, 0.2) is 5.76 Å². The van der Waals surface area contributed by atoms with Gasteiger partial charge in [-0.3, -0.25) is 4.79 Å². The van der Waals surface area contributed by atoms with Crippen molar-refractivity contribution in [2.24, 2.45) is 0 Å². The van der Waals surface area contributed by atoms with Gasteiger partial charge in [-0.05, 0) is 44.7 Å². The summed E-state index contributed by atoms with van der Waals surface area (Å²) in [5.41, 5.74) is 0.806. The highest BCUT2D eigenvalue weighted by Crippen LogP contribution is 2.30. The number of benzene rings is 1. The van der Waals surface area contributed by atoms with E-state index in [1.807, 2.05) is 6.07 Å². The fourth-order valence-corrected chi connectivity index (χ4v) is 2.66. The number of methoxy groups -OCH3 is 1. The van der Waals surface area contributed by atoms with Crippen molar-refractivity contribution >= 4 is 23.0 Å². The Labute approximate surface area is 170 Å². The summed E-state index contributed by atoms with van der Waals surface area (Å²) in [4.78, 5) is 23.0. The van der Waals surface area contributed by atoms with Gasteiger partial charge in [0.05, 0.1) is 25.6 Å². The quantitative estimate of drug-likeness (QED) is 0.608. The molecule has 7 heteroatoms. The Hall–Kier alpha value is -3.45. The highest BCUT2D eigenvalue weighted by molar-refractivity contribution is 5.83. The van der Waals surface area contributed by atoms with Gasteiger partial charge < -0.3 is 19.2 Å². The fourth-order valence-electron chi connectivity index (χ4n) is 2.66. The van der Waals surface area contributed by atoms with E-state index in [1.54, 1.807) is 39.0 Å². The number of hydrogen-bond acceptors (Lipinski definition) is 6. The first kappa shape index (κ1) is 21.8. The van der Waals surface area contributed by atoms with Crippen molar-refractivity contribution in [2.75, 3.05) is 13.7 Å². The van der Waals surface area contributed by atoms with Crippen molar-refractivity contribution in [3.05, 3.63) is 35.6 Å². The van der Waals surface area contributed by atoms with Crippen molar-refractivity contribution in [3.8, 4) is 17.9 Å². The van der Waals surface area contributed by atoms with Crippen LogP contribution in [0.25, 0.3) is 11.0 Å². The molecule has 1 aromatic carbocycles. The van der Waals surface area contributed by atoms with Crippen molar-refractivity contribution < 1.29 is 23.5 Å². The summed E-state index contributed by atoms with van der Waals surface area (Å²) < 4.78 is 15.5. The third-order valence-corrected chi connectivity index (χ3v) is 3.92. The molecule has 0 radical (unpaired) electrons. The van der Waals surface area contributed by atoms with Crippen LogP contribution in [0.4, 0.5) is 4.79 Å². The van der Waals surface area contributed by atoms with Gasteiger partial charge in [-0.25, -0.2) is 4.79 Å². The lowest BCUT2D eigenvalue weighted by Gasteiger charge is -2.18. The third kappa shape index (κ3) is 6.58. The Morgan fingerprint density at radius 2 is 2.07 bits per heavy atom. The van der Waals surface area contributed by atoms with Crippen LogP contribution in [-0.4, -0.2) is 31.3 Å². The van der Waals surface area contributed by atoms with Crippen LogP contribution in [-0.2, 0) is 14.3 Å². The monoisotopic (exact) mass is 396 g/mol. The molecule has 0 aliphatic carbocycles. The van der Waals surface area contributed by atoms with E-state index in [0.29, 0.717) is 17.8 Å². The molecular weight excluding hydrogens is 372 g/mol. The number of nitrogens with zero attached hydrogens (tertiary/aromatic N) is 1. The normalized spacial score (nSPS) is 11.7. The third-order valence-electron chi connectivity index (χ3n) is 3.92. The van der Waals surface area contributed by atoms with Crippen LogP contribution in [0.1, 0.15) is 50.9 Å². The zero-order valence-corrected chi connectivity index (χ0v) is 17.0. The SMILES string of the molecule is COC(=O)CCC(C#N)c1cccc2oc(C#CCNC(=O)OC(C)(C)C)cc12. The molecule has 1 heterocycles. The van der Waals surface area contributed by atoms with Crippen molar-refractivity contribution in [2.45, 2.75) is 45.1 Å². The number of rotatable bonds is 5. The number of carbonyl (C=O) groups is 2. The van der Waals surface area contributed by atoms with E-state index in [0.717, 1.165) is 10.9 Å². The summed E-state index contributed by atoms with van der Waals surface area (Å²) in [7, 11) is 1.32. The largest absolute Gasteiger partial charge is 0.469 e. The smallest absolute Gasteiger partial charge is 0.408 e. The van der Waals surface area contributed by atoms with Gasteiger partial charge >= 0.3 is 12.1 Å². The molecule has 7 nitrogen and oxygen atoms in total. The highest BCUT2D eigenvalue weighted by atomic mass is 16.6. The Morgan fingerprint density at radius 3 is 2.72 bits per heavy atom. The number of nitrogens with one attached hydrogen (secondary N) is 1. The van der Waals surface area contributed by atoms with Crippen molar-refractivity contribution in [1.29, 1.82) is 5.26 Å². The average molecular weight is 396 g/mol. The minimum Gasteiger partial charge on any atom is -0.469 e. The predicted molar refractivity (Wildman–Crippen MR) is 107 cm³/mol. The van der Waals surface area contributed by atoms with Crippen LogP contribution >= 0.6 is 0 Å². The maximum atomic E-state index is 11.6. The molecule has 0 bridgehead atoms. The molecule has 1 atom stereocenters. The number of hydrogen-bond donors (Lipinski definition) is 1. The lowest BCUT2D eigenvalue weighted by atomic mass is 9.93. The molecule has 2 aromatic rings. The summed E-state index contributed by atoms with van der Waals surface area (Å²) in [6, 6.07) is 9.42. The van der Waals surface area contributed by atoms with Gasteiger partial charge in [-0.1, -0.05) is 18.1 Å². The number of ether oxygens (including phenoxy) is 2. The van der Waals surface area contributed by atoms with Crippen LogP contribution in [0.3, 0.4) is 0 Å². The van der Waals surface area contributed by atoms with Crippen molar-refractivity contribution in [3.63, 3.8) is 0 Å². The number of carbonyl (C=O) groups excluding carboxylic acids is 2. The zero-order valence-electron chi connectivity index (χ0n) is 17.0. The maximum absolute atomic E-state index is 11.6. The molecule has 1 amide bonds. The molecule has 1 unspecified atom stereocenters. The molecule has 0 saturated heterocycles. The molecule has 152 valence electrons. The predicted octanol–water partition coefficient (Wildman–Crippen LogP) is 3.87. The minimum absolute atomic E-state index is 0.110. The Morgan fingerprint density at radius 1 is 1.31 bits per heavy atom. The number of amides is 1. The van der Waals surface area contributed by atoms with Gasteiger partial charge in [0, 0.05) is 17.9 Å². The molecular formula is C22H24N2O5. The van der Waals surface area contributed by atoms with Crippen LogP contribution in [0, 0.1) is 23.2 Å². The van der Waals surface area contributed by atoms with Crippen LogP contribution < -0.4 is 5.32 Å². The number of furan rings is 1. The minimum atomic E-state index is -0.572. The molecule has 29 heavy (non-hydrogen) atoms. The molecule has 1 aromatic heterocycles. The van der Waals surface area contributed by atoms with Crippen LogP contribution in [0.2, 0.25) is 0 Å². The van der Waals surface area contributed by atoms with E-state index < -0.39 is 17.6 Å². The second-order valence-corrected chi connectivity index (χ2v) is 7.32. The highest BCUT2D eigenvalue weighted by Gasteiger charge is 2.18. The topological polar surface area (TPSA) is 102 Å². The van der Waals surface area contributed by atoms with E-state index in [-0.39, 0.29) is 18.9 Å². The molecule has 1 N–H and O–H groups in total. The van der Waals surface area contributed by atoms with Gasteiger partial charge in [-0.2, -0.15) is 5.26 Å². The second-order valence-electron chi connectivity index (χ2n) is 7.32. The van der Waals surface area contributed by atoms with E-state index in [1.165, 1.54) is 7.11 Å². The summed E-state index contributed by atoms with van der Waals surface area (Å²) in [5, 5.41) is 12.8. The molecule has 0 saturated carbocycles. The van der Waals surface area contributed by atoms with Gasteiger partial charge in [0.25, 0.3) is 0 Å². The Bertz CT molecular complexity index is 983. The number of fused-ring (bicyclic) bond motifs is 1. The number of nitriles is 1. The lowest BCUT2D eigenvalue weighted by Crippen LogP contribution is -2.32. The van der Waals surface area contributed by atoms with Crippen LogP contribution in [0.15, 0.2) is 28.7 Å². The number of esters is 1. The summed E-state index contributed by atoms with van der Waals surface area (Å²) >= 11 is 0. The Balaban J connectivity index is 2.11. The summed E-state index contributed by atoms with van der Waals surface area (Å²) in [6.07, 6.45) is -0.0265. The Kier molecular flexibility index (Phi) is 7.27. The molecule has 0 aliphatic heterocycles. The molecule has 0 spiro atoms. The van der Waals surface area contributed by atoms with E-state index in [9.17, 15) is 14.9 Å². The lowest BCUT2D eigenvalue weighted by molar-refractivity contribution is -0.140. The average Bonchev–Trinajstić information content (AvgIpc) is 3.07. The second kappa shape index (κ2) is 9.66. The number of alkyl carbamates (subject to hydrolysis) is 1. The molecule has 2 rings (SSSR count). The van der Waals surface area contributed by atoms with E-state index in [4.69, 9.17) is 9.15 Å². The standard InChI is InChI=1S/C22H24N2O5/c1-22(2,3)29-21(26)24-12-6-7-16-13-18-17(8-5-9-19(18)28-16)15(14-23)10-11-20(25)27-4/h5,8-9,13,15H,10-12H2,1-4H3,(H,24,26). The zero-order chi connectivity index (χ0) is 21.4. The van der Waals surface area contributed by atoms with Crippen molar-refractivity contribution in [1.82, 2.24) is 5.32 Å². The van der Waals surface area contributed by atoms with E-state index >= 15 is 0 Å². The first-order chi connectivity index (χ1) is 13.7. The summed E-state index contributed by atoms with van der Waals surface area (Å²) in [6.45, 7) is 5.45. The first-order valence-electron chi connectivity index (χ1n) is 9.18. The maximum Gasteiger partial charge on any atom is 0.408 e.